The highest BCUT2D eigenvalue weighted by atomic mass is 35.5. The molecule has 20 heavy (non-hydrogen) atoms. The van der Waals surface area contributed by atoms with Gasteiger partial charge in [0, 0.05) is 25.2 Å². The van der Waals surface area contributed by atoms with E-state index in [1.54, 1.807) is 20.8 Å². The van der Waals surface area contributed by atoms with E-state index >= 15 is 0 Å². The van der Waals surface area contributed by atoms with Gasteiger partial charge < -0.3 is 10.0 Å². The number of aliphatic hydroxyl groups is 1. The van der Waals surface area contributed by atoms with Crippen molar-refractivity contribution >= 4 is 23.2 Å². The third kappa shape index (κ3) is 4.18. The Morgan fingerprint density at radius 3 is 2.55 bits per heavy atom. The van der Waals surface area contributed by atoms with Crippen molar-refractivity contribution in [1.29, 1.82) is 0 Å². The summed E-state index contributed by atoms with van der Waals surface area (Å²) in [5.41, 5.74) is -1.19. The number of carbonyl (C=O) groups is 1. The monoisotopic (exact) mass is 300 g/mol. The molecular weight excluding hydrogens is 284 g/mol. The van der Waals surface area contributed by atoms with Gasteiger partial charge in [0.2, 0.25) is 0 Å². The van der Waals surface area contributed by atoms with Gasteiger partial charge in [-0.05, 0) is 26.8 Å². The fraction of sp³-hybridized carbons (Fsp3) is 0.462. The maximum atomic E-state index is 12.4. The van der Waals surface area contributed by atoms with E-state index in [0.717, 1.165) is 6.07 Å². The van der Waals surface area contributed by atoms with Crippen LogP contribution in [0.2, 0.25) is 5.02 Å². The molecule has 6 nitrogen and oxygen atoms in total. The quantitative estimate of drug-likeness (QED) is 0.669. The summed E-state index contributed by atoms with van der Waals surface area (Å²) in [6.07, 6.45) is 0. The molecule has 0 bridgehead atoms. The number of likely N-dealkylation sites (N-methyl/N-ethyl adjacent to an activating group) is 1. The lowest BCUT2D eigenvalue weighted by Crippen LogP contribution is -2.42. The summed E-state index contributed by atoms with van der Waals surface area (Å²) in [5, 5.41) is 20.7. The maximum absolute atomic E-state index is 12.4. The molecule has 1 aromatic rings. The lowest BCUT2D eigenvalue weighted by molar-refractivity contribution is -0.384. The number of nitrogens with zero attached hydrogens (tertiary/aromatic N) is 2. The van der Waals surface area contributed by atoms with Gasteiger partial charge in [0.1, 0.15) is 0 Å². The highest BCUT2D eigenvalue weighted by Crippen LogP contribution is 2.24. The molecule has 7 heteroatoms. The van der Waals surface area contributed by atoms with Gasteiger partial charge in [0.25, 0.3) is 11.6 Å². The zero-order chi connectivity index (χ0) is 15.5. The van der Waals surface area contributed by atoms with Crippen LogP contribution in [0.3, 0.4) is 0 Å². The Hall–Kier alpha value is -1.66. The fourth-order valence-electron chi connectivity index (χ4n) is 1.76. The molecule has 110 valence electrons. The van der Waals surface area contributed by atoms with Crippen LogP contribution < -0.4 is 0 Å². The molecule has 0 unspecified atom stereocenters. The number of amides is 1. The predicted molar refractivity (Wildman–Crippen MR) is 76.0 cm³/mol. The number of rotatable bonds is 5. The van der Waals surface area contributed by atoms with Crippen molar-refractivity contribution in [2.75, 3.05) is 13.1 Å². The maximum Gasteiger partial charge on any atom is 0.270 e. The summed E-state index contributed by atoms with van der Waals surface area (Å²) < 4.78 is 0. The molecule has 1 amide bonds. The van der Waals surface area contributed by atoms with Gasteiger partial charge in [-0.3, -0.25) is 14.9 Å². The van der Waals surface area contributed by atoms with Crippen LogP contribution in [0, 0.1) is 10.1 Å². The van der Waals surface area contributed by atoms with Crippen LogP contribution >= 0.6 is 11.6 Å². The van der Waals surface area contributed by atoms with Crippen LogP contribution in [0.15, 0.2) is 18.2 Å². The van der Waals surface area contributed by atoms with Crippen molar-refractivity contribution in [3.05, 3.63) is 38.9 Å². The van der Waals surface area contributed by atoms with Gasteiger partial charge in [-0.25, -0.2) is 0 Å². The van der Waals surface area contributed by atoms with E-state index in [0.29, 0.717) is 6.54 Å². The average Bonchev–Trinajstić information content (AvgIpc) is 2.34. The van der Waals surface area contributed by atoms with Gasteiger partial charge in [-0.15, -0.1) is 0 Å². The second-order valence-electron chi connectivity index (χ2n) is 5.05. The SMILES string of the molecule is CCN(CC(C)(C)O)C(=O)c1cc([N+](=O)[O-])ccc1Cl. The summed E-state index contributed by atoms with van der Waals surface area (Å²) in [6, 6.07) is 3.72. The molecular formula is C13H17ClN2O4. The van der Waals surface area contributed by atoms with Gasteiger partial charge in [0.05, 0.1) is 21.1 Å². The molecule has 0 fully saturated rings. The first-order valence-corrected chi connectivity index (χ1v) is 6.49. The molecule has 0 aliphatic rings. The first-order valence-electron chi connectivity index (χ1n) is 6.11. The van der Waals surface area contributed by atoms with Crippen LogP contribution in [0.4, 0.5) is 5.69 Å². The first-order chi connectivity index (χ1) is 9.15. The first kappa shape index (κ1) is 16.4. The minimum atomic E-state index is -1.06. The van der Waals surface area contributed by atoms with Gasteiger partial charge in [-0.2, -0.15) is 0 Å². The van der Waals surface area contributed by atoms with Crippen molar-refractivity contribution in [1.82, 2.24) is 4.90 Å². The van der Waals surface area contributed by atoms with E-state index in [2.05, 4.69) is 0 Å². The second kappa shape index (κ2) is 6.19. The number of non-ortho nitro benzene ring substituents is 1. The minimum absolute atomic E-state index is 0.0620. The zero-order valence-electron chi connectivity index (χ0n) is 11.6. The van der Waals surface area contributed by atoms with Crippen LogP contribution in [-0.4, -0.2) is 39.5 Å². The molecule has 1 N–H and O–H groups in total. The number of benzene rings is 1. The zero-order valence-corrected chi connectivity index (χ0v) is 12.3. The summed E-state index contributed by atoms with van der Waals surface area (Å²) >= 11 is 5.94. The normalized spacial score (nSPS) is 11.2. The van der Waals surface area contributed by atoms with E-state index in [9.17, 15) is 20.0 Å². The lowest BCUT2D eigenvalue weighted by atomic mass is 10.1. The minimum Gasteiger partial charge on any atom is -0.389 e. The third-order valence-corrected chi connectivity index (χ3v) is 2.97. The number of hydrogen-bond acceptors (Lipinski definition) is 4. The molecule has 0 spiro atoms. The molecule has 0 saturated heterocycles. The molecule has 0 heterocycles. The topological polar surface area (TPSA) is 83.7 Å². The Labute approximate surface area is 122 Å². The van der Waals surface area contributed by atoms with Crippen molar-refractivity contribution < 1.29 is 14.8 Å². The Kier molecular flexibility index (Phi) is 5.08. The number of nitro groups is 1. The van der Waals surface area contributed by atoms with Crippen molar-refractivity contribution in [3.63, 3.8) is 0 Å². The van der Waals surface area contributed by atoms with Gasteiger partial charge in [-0.1, -0.05) is 11.6 Å². The molecule has 0 aromatic heterocycles. The van der Waals surface area contributed by atoms with E-state index in [1.165, 1.54) is 17.0 Å². The summed E-state index contributed by atoms with van der Waals surface area (Å²) in [7, 11) is 0. The van der Waals surface area contributed by atoms with E-state index in [-0.39, 0.29) is 22.8 Å². The third-order valence-electron chi connectivity index (χ3n) is 2.64. The molecule has 1 rings (SSSR count). The number of carbonyl (C=O) groups excluding carboxylic acids is 1. The summed E-state index contributed by atoms with van der Waals surface area (Å²) in [5.74, 6) is -0.441. The second-order valence-corrected chi connectivity index (χ2v) is 5.46. The number of halogens is 1. The van der Waals surface area contributed by atoms with E-state index in [1.807, 2.05) is 0 Å². The fourth-order valence-corrected chi connectivity index (χ4v) is 1.95. The predicted octanol–water partition coefficient (Wildman–Crippen LogP) is 2.48. The van der Waals surface area contributed by atoms with Gasteiger partial charge in [0.15, 0.2) is 0 Å². The molecule has 0 aliphatic carbocycles. The Morgan fingerprint density at radius 1 is 1.50 bits per heavy atom. The van der Waals surface area contributed by atoms with Crippen LogP contribution in [0.5, 0.6) is 0 Å². The Bertz CT molecular complexity index is 526. The molecule has 0 radical (unpaired) electrons. The smallest absolute Gasteiger partial charge is 0.270 e. The largest absolute Gasteiger partial charge is 0.389 e. The van der Waals surface area contributed by atoms with Crippen LogP contribution in [0.25, 0.3) is 0 Å². The van der Waals surface area contributed by atoms with Crippen LogP contribution in [-0.2, 0) is 0 Å². The molecule has 0 saturated carbocycles. The summed E-state index contributed by atoms with van der Waals surface area (Å²) in [6.45, 7) is 5.40. The summed E-state index contributed by atoms with van der Waals surface area (Å²) in [4.78, 5) is 23.9. The van der Waals surface area contributed by atoms with Crippen molar-refractivity contribution in [2.45, 2.75) is 26.4 Å². The molecule has 0 atom stereocenters. The van der Waals surface area contributed by atoms with Crippen molar-refractivity contribution in [3.8, 4) is 0 Å². The van der Waals surface area contributed by atoms with Crippen molar-refractivity contribution in [2.24, 2.45) is 0 Å². The van der Waals surface area contributed by atoms with Gasteiger partial charge >= 0.3 is 0 Å². The lowest BCUT2D eigenvalue weighted by Gasteiger charge is -2.28. The standard InChI is InChI=1S/C13H17ClN2O4/c1-4-15(8-13(2,3)18)12(17)10-7-9(16(19)20)5-6-11(10)14/h5-7,18H,4,8H2,1-3H3. The molecule has 0 aliphatic heterocycles. The van der Waals surface area contributed by atoms with E-state index < -0.39 is 16.4 Å². The van der Waals surface area contributed by atoms with Crippen LogP contribution in [0.1, 0.15) is 31.1 Å². The highest BCUT2D eigenvalue weighted by molar-refractivity contribution is 6.33. The Morgan fingerprint density at radius 2 is 2.10 bits per heavy atom. The Balaban J connectivity index is 3.12. The number of nitro benzene ring substituents is 1. The molecule has 1 aromatic carbocycles. The number of hydrogen-bond donors (Lipinski definition) is 1. The highest BCUT2D eigenvalue weighted by Gasteiger charge is 2.25. The van der Waals surface area contributed by atoms with E-state index in [4.69, 9.17) is 11.6 Å². The average molecular weight is 301 g/mol.